The predicted molar refractivity (Wildman–Crippen MR) is 76.1 cm³/mol. The normalized spacial score (nSPS) is 19.5. The standard InChI is InChI=1S/C15H19N3O/c19-15-17-10-14(18-15)13-5-1-3-11(8-13)7-12-4-2-6-16-9-12/h1,3,5,8,10,12,16H,2,4,6-7,9H2,(H2,17,18,19). The highest BCUT2D eigenvalue weighted by molar-refractivity contribution is 5.58. The van der Waals surface area contributed by atoms with Crippen molar-refractivity contribution in [2.75, 3.05) is 13.1 Å². The van der Waals surface area contributed by atoms with Crippen LogP contribution in [0, 0.1) is 5.92 Å². The van der Waals surface area contributed by atoms with E-state index in [1.165, 1.54) is 18.4 Å². The Morgan fingerprint density at radius 1 is 1.32 bits per heavy atom. The smallest absolute Gasteiger partial charge is 0.316 e. The van der Waals surface area contributed by atoms with Gasteiger partial charge in [-0.25, -0.2) is 4.79 Å². The Bertz CT molecular complexity index is 593. The monoisotopic (exact) mass is 257 g/mol. The molecule has 0 amide bonds. The zero-order valence-corrected chi connectivity index (χ0v) is 10.9. The molecule has 0 saturated carbocycles. The van der Waals surface area contributed by atoms with E-state index in [0.29, 0.717) is 0 Å². The number of aromatic amines is 2. The minimum Gasteiger partial charge on any atom is -0.316 e. The fourth-order valence-electron chi connectivity index (χ4n) is 2.79. The maximum absolute atomic E-state index is 11.1. The molecule has 0 aliphatic carbocycles. The molecule has 0 radical (unpaired) electrons. The first kappa shape index (κ1) is 12.2. The largest absolute Gasteiger partial charge is 0.323 e. The lowest BCUT2D eigenvalue weighted by Crippen LogP contribution is -2.30. The first-order chi connectivity index (χ1) is 9.31. The fraction of sp³-hybridized carbons (Fsp3) is 0.400. The molecule has 1 atom stereocenters. The minimum absolute atomic E-state index is 0.156. The third-order valence-electron chi connectivity index (χ3n) is 3.76. The molecule has 3 N–H and O–H groups in total. The van der Waals surface area contributed by atoms with Crippen LogP contribution in [0.3, 0.4) is 0 Å². The zero-order valence-electron chi connectivity index (χ0n) is 10.9. The van der Waals surface area contributed by atoms with Crippen molar-refractivity contribution in [3.8, 4) is 11.3 Å². The number of hydrogen-bond donors (Lipinski definition) is 3. The molecule has 3 rings (SSSR count). The van der Waals surface area contributed by atoms with Crippen molar-refractivity contribution in [3.63, 3.8) is 0 Å². The number of H-pyrrole nitrogens is 2. The molecule has 0 spiro atoms. The summed E-state index contributed by atoms with van der Waals surface area (Å²) in [5.74, 6) is 0.731. The van der Waals surface area contributed by atoms with E-state index in [1.54, 1.807) is 6.20 Å². The Morgan fingerprint density at radius 2 is 2.26 bits per heavy atom. The molecule has 1 saturated heterocycles. The zero-order chi connectivity index (χ0) is 13.1. The molecule has 4 nitrogen and oxygen atoms in total. The second-order valence-corrected chi connectivity index (χ2v) is 5.27. The molecular weight excluding hydrogens is 238 g/mol. The summed E-state index contributed by atoms with van der Waals surface area (Å²) in [5.41, 5.74) is 3.11. The van der Waals surface area contributed by atoms with Gasteiger partial charge in [0.2, 0.25) is 0 Å². The highest BCUT2D eigenvalue weighted by Crippen LogP contribution is 2.21. The first-order valence-corrected chi connectivity index (χ1v) is 6.89. The van der Waals surface area contributed by atoms with Crippen molar-refractivity contribution in [1.82, 2.24) is 15.3 Å². The average Bonchev–Trinajstić information content (AvgIpc) is 2.87. The molecule has 1 aromatic heterocycles. The van der Waals surface area contributed by atoms with Gasteiger partial charge in [0.05, 0.1) is 5.69 Å². The lowest BCUT2D eigenvalue weighted by atomic mass is 9.91. The van der Waals surface area contributed by atoms with Gasteiger partial charge in [0, 0.05) is 6.20 Å². The highest BCUT2D eigenvalue weighted by atomic mass is 16.1. The van der Waals surface area contributed by atoms with Gasteiger partial charge in [-0.05, 0) is 55.5 Å². The number of nitrogens with one attached hydrogen (secondary N) is 3. The number of rotatable bonds is 3. The van der Waals surface area contributed by atoms with Crippen LogP contribution in [0.5, 0.6) is 0 Å². The third kappa shape index (κ3) is 2.96. The summed E-state index contributed by atoms with van der Waals surface area (Å²) < 4.78 is 0. The van der Waals surface area contributed by atoms with Gasteiger partial charge in [-0.3, -0.25) is 0 Å². The summed E-state index contributed by atoms with van der Waals surface area (Å²) in [7, 11) is 0. The van der Waals surface area contributed by atoms with E-state index < -0.39 is 0 Å². The van der Waals surface area contributed by atoms with Gasteiger partial charge >= 0.3 is 5.69 Å². The van der Waals surface area contributed by atoms with E-state index in [1.807, 2.05) is 6.07 Å². The van der Waals surface area contributed by atoms with Gasteiger partial charge in [-0.15, -0.1) is 0 Å². The SMILES string of the molecule is O=c1[nH]cc(-c2cccc(CC3CCCNC3)c2)[nH]1. The minimum atomic E-state index is -0.156. The third-order valence-corrected chi connectivity index (χ3v) is 3.76. The van der Waals surface area contributed by atoms with E-state index in [0.717, 1.165) is 36.7 Å². The molecule has 1 aliphatic rings. The van der Waals surface area contributed by atoms with Crippen molar-refractivity contribution in [2.24, 2.45) is 5.92 Å². The Morgan fingerprint density at radius 3 is 3.00 bits per heavy atom. The summed E-state index contributed by atoms with van der Waals surface area (Å²) in [6.45, 7) is 2.27. The van der Waals surface area contributed by atoms with Crippen LogP contribution in [0.1, 0.15) is 18.4 Å². The number of hydrogen-bond acceptors (Lipinski definition) is 2. The van der Waals surface area contributed by atoms with Crippen molar-refractivity contribution in [3.05, 3.63) is 46.5 Å². The van der Waals surface area contributed by atoms with Gasteiger partial charge in [-0.2, -0.15) is 0 Å². The van der Waals surface area contributed by atoms with Gasteiger partial charge in [0.15, 0.2) is 0 Å². The lowest BCUT2D eigenvalue weighted by Gasteiger charge is -2.22. The van der Waals surface area contributed by atoms with Crippen LogP contribution in [0.4, 0.5) is 0 Å². The maximum Gasteiger partial charge on any atom is 0.323 e. The topological polar surface area (TPSA) is 60.7 Å². The lowest BCUT2D eigenvalue weighted by molar-refractivity contribution is 0.376. The van der Waals surface area contributed by atoms with Crippen molar-refractivity contribution in [1.29, 1.82) is 0 Å². The number of benzene rings is 1. The van der Waals surface area contributed by atoms with Crippen LogP contribution in [0.2, 0.25) is 0 Å². The Hall–Kier alpha value is -1.81. The molecule has 1 fully saturated rings. The van der Waals surface area contributed by atoms with E-state index >= 15 is 0 Å². The first-order valence-electron chi connectivity index (χ1n) is 6.89. The molecule has 1 aromatic carbocycles. The average molecular weight is 257 g/mol. The van der Waals surface area contributed by atoms with Crippen LogP contribution in [0.15, 0.2) is 35.3 Å². The van der Waals surface area contributed by atoms with Crippen LogP contribution >= 0.6 is 0 Å². The number of imidazole rings is 1. The van der Waals surface area contributed by atoms with Crippen LogP contribution < -0.4 is 11.0 Å². The summed E-state index contributed by atoms with van der Waals surface area (Å²) in [4.78, 5) is 16.6. The second-order valence-electron chi connectivity index (χ2n) is 5.27. The predicted octanol–water partition coefficient (Wildman–Crippen LogP) is 1.91. The van der Waals surface area contributed by atoms with Crippen molar-refractivity contribution in [2.45, 2.75) is 19.3 Å². The van der Waals surface area contributed by atoms with Crippen molar-refractivity contribution >= 4 is 0 Å². The van der Waals surface area contributed by atoms with Crippen molar-refractivity contribution < 1.29 is 0 Å². The van der Waals surface area contributed by atoms with Gasteiger partial charge < -0.3 is 15.3 Å². The van der Waals surface area contributed by atoms with Gasteiger partial charge in [-0.1, -0.05) is 18.2 Å². The Balaban J connectivity index is 1.77. The Labute approximate surface area is 112 Å². The molecular formula is C15H19N3O. The van der Waals surface area contributed by atoms with E-state index in [9.17, 15) is 4.79 Å². The van der Waals surface area contributed by atoms with Crippen LogP contribution in [-0.2, 0) is 6.42 Å². The van der Waals surface area contributed by atoms with E-state index in [-0.39, 0.29) is 5.69 Å². The molecule has 100 valence electrons. The van der Waals surface area contributed by atoms with Gasteiger partial charge in [0.1, 0.15) is 0 Å². The number of piperidine rings is 1. The number of aromatic nitrogens is 2. The Kier molecular flexibility index (Phi) is 3.51. The van der Waals surface area contributed by atoms with Gasteiger partial charge in [0.25, 0.3) is 0 Å². The quantitative estimate of drug-likeness (QED) is 0.786. The van der Waals surface area contributed by atoms with E-state index in [2.05, 4.69) is 33.5 Å². The molecule has 4 heteroatoms. The molecule has 19 heavy (non-hydrogen) atoms. The molecule has 0 bridgehead atoms. The molecule has 2 aromatic rings. The van der Waals surface area contributed by atoms with E-state index in [4.69, 9.17) is 0 Å². The highest BCUT2D eigenvalue weighted by Gasteiger charge is 2.13. The maximum atomic E-state index is 11.1. The van der Waals surface area contributed by atoms with Crippen LogP contribution in [-0.4, -0.2) is 23.1 Å². The molecule has 2 heterocycles. The summed E-state index contributed by atoms with van der Waals surface area (Å²) >= 11 is 0. The fourth-order valence-corrected chi connectivity index (χ4v) is 2.79. The summed E-state index contributed by atoms with van der Waals surface area (Å²) in [5, 5.41) is 3.45. The van der Waals surface area contributed by atoms with Crippen LogP contribution in [0.25, 0.3) is 11.3 Å². The molecule has 1 unspecified atom stereocenters. The molecule has 1 aliphatic heterocycles. The second kappa shape index (κ2) is 5.45. The summed E-state index contributed by atoms with van der Waals surface area (Å²) in [6.07, 6.45) is 5.41. The summed E-state index contributed by atoms with van der Waals surface area (Å²) in [6, 6.07) is 8.44.